The summed E-state index contributed by atoms with van der Waals surface area (Å²) in [7, 11) is 0. The molecule has 0 N–H and O–H groups in total. The van der Waals surface area contributed by atoms with Gasteiger partial charge in [-0.3, -0.25) is 9.59 Å². The summed E-state index contributed by atoms with van der Waals surface area (Å²) in [6, 6.07) is 0. The van der Waals surface area contributed by atoms with E-state index >= 15 is 0 Å². The number of fused-ring (bicyclic) bond motifs is 4. The van der Waals surface area contributed by atoms with Gasteiger partial charge in [0.05, 0.1) is 0 Å². The van der Waals surface area contributed by atoms with Crippen LogP contribution < -0.4 is 0 Å². The van der Waals surface area contributed by atoms with Crippen LogP contribution in [0.25, 0.3) is 0 Å². The Morgan fingerprint density at radius 2 is 1.79 bits per heavy atom. The molecule has 3 nitrogen and oxygen atoms in total. The number of ether oxygens (including phenoxy) is 1. The zero-order chi connectivity index (χ0) is 24.1. The predicted molar refractivity (Wildman–Crippen MR) is 134 cm³/mol. The molecule has 4 rings (SSSR count). The minimum atomic E-state index is -0.193. The molecule has 184 valence electrons. The summed E-state index contributed by atoms with van der Waals surface area (Å²) in [6.45, 7) is 15.7. The second-order valence-corrected chi connectivity index (χ2v) is 12.7. The van der Waals surface area contributed by atoms with E-state index in [2.05, 4.69) is 53.7 Å². The van der Waals surface area contributed by atoms with Crippen molar-refractivity contribution >= 4 is 11.8 Å². The number of carbonyl (C=O) groups excluding carboxylic acids is 2. The molecule has 2 fully saturated rings. The first kappa shape index (κ1) is 24.7. The predicted octanol–water partition coefficient (Wildman–Crippen LogP) is 7.30. The van der Waals surface area contributed by atoms with Gasteiger partial charge in [0.1, 0.15) is 6.10 Å². The third-order valence-electron chi connectivity index (χ3n) is 10.6. The highest BCUT2D eigenvalue weighted by atomic mass is 16.5. The Kier molecular flexibility index (Phi) is 6.75. The minimum Gasteiger partial charge on any atom is -0.463 e. The van der Waals surface area contributed by atoms with Crippen LogP contribution in [0.1, 0.15) is 99.8 Å². The monoisotopic (exact) mass is 454 g/mol. The average Bonchev–Trinajstić information content (AvgIpc) is 3.09. The highest BCUT2D eigenvalue weighted by Gasteiger charge is 2.58. The Morgan fingerprint density at radius 3 is 2.45 bits per heavy atom. The largest absolute Gasteiger partial charge is 0.463 e. The molecule has 0 heterocycles. The Labute approximate surface area is 201 Å². The van der Waals surface area contributed by atoms with Crippen molar-refractivity contribution in [1.29, 1.82) is 0 Å². The first-order valence-electron chi connectivity index (χ1n) is 13.6. The van der Waals surface area contributed by atoms with E-state index < -0.39 is 0 Å². The van der Waals surface area contributed by atoms with Crippen molar-refractivity contribution in [3.8, 4) is 0 Å². The number of allylic oxidation sites excluding steroid dienone is 4. The van der Waals surface area contributed by atoms with Gasteiger partial charge in [-0.15, -0.1) is 0 Å². The van der Waals surface area contributed by atoms with Crippen molar-refractivity contribution in [3.63, 3.8) is 0 Å². The van der Waals surface area contributed by atoms with Gasteiger partial charge in [0, 0.05) is 13.3 Å². The number of esters is 1. The van der Waals surface area contributed by atoms with Crippen molar-refractivity contribution in [1.82, 2.24) is 0 Å². The Hall–Kier alpha value is -1.38. The summed E-state index contributed by atoms with van der Waals surface area (Å²) in [4.78, 5) is 25.1. The fourth-order valence-electron chi connectivity index (χ4n) is 8.10. The minimum absolute atomic E-state index is 0.0129. The second-order valence-electron chi connectivity index (χ2n) is 12.7. The maximum Gasteiger partial charge on any atom is 0.302 e. The molecule has 4 aliphatic rings. The van der Waals surface area contributed by atoms with Gasteiger partial charge in [0.25, 0.3) is 0 Å². The number of hydrogen-bond donors (Lipinski definition) is 0. The van der Waals surface area contributed by atoms with Crippen LogP contribution in [0.4, 0.5) is 0 Å². The van der Waals surface area contributed by atoms with Crippen LogP contribution in [0.3, 0.4) is 0 Å². The topological polar surface area (TPSA) is 43.4 Å². The molecule has 0 saturated heterocycles. The molecule has 33 heavy (non-hydrogen) atoms. The highest BCUT2D eigenvalue weighted by molar-refractivity contribution is 5.98. The van der Waals surface area contributed by atoms with Crippen LogP contribution >= 0.6 is 0 Å². The summed E-state index contributed by atoms with van der Waals surface area (Å²) in [5.41, 5.74) is 3.07. The summed E-state index contributed by atoms with van der Waals surface area (Å²) < 4.78 is 5.56. The highest BCUT2D eigenvalue weighted by Crippen LogP contribution is 2.65. The van der Waals surface area contributed by atoms with Gasteiger partial charge in [-0.25, -0.2) is 0 Å². The van der Waals surface area contributed by atoms with Crippen LogP contribution in [-0.4, -0.2) is 17.9 Å². The van der Waals surface area contributed by atoms with Gasteiger partial charge in [-0.1, -0.05) is 59.3 Å². The van der Waals surface area contributed by atoms with E-state index in [1.807, 2.05) is 0 Å². The lowest BCUT2D eigenvalue weighted by atomic mass is 9.50. The van der Waals surface area contributed by atoms with Crippen LogP contribution in [0.5, 0.6) is 0 Å². The van der Waals surface area contributed by atoms with Gasteiger partial charge in [-0.2, -0.15) is 0 Å². The number of hydrogen-bond acceptors (Lipinski definition) is 3. The summed E-state index contributed by atoms with van der Waals surface area (Å²) in [5, 5.41) is 0. The SMILES string of the molecule is CC(=O)O[C@@H]1CC[C@]2(C)C3=C(C(=O)C[C@H]2C1)[C@@H]1CC[C@@H]([C@H](C)/C=C/[C@H](C)C(C)C)[C@@]1(C)CC3. The lowest BCUT2D eigenvalue weighted by Gasteiger charge is -2.54. The van der Waals surface area contributed by atoms with E-state index in [1.165, 1.54) is 37.3 Å². The van der Waals surface area contributed by atoms with Crippen molar-refractivity contribution in [3.05, 3.63) is 23.3 Å². The van der Waals surface area contributed by atoms with Gasteiger partial charge < -0.3 is 4.74 Å². The molecule has 0 aliphatic heterocycles. The molecule has 2 saturated carbocycles. The molecule has 0 aromatic carbocycles. The molecule has 0 radical (unpaired) electrons. The Balaban J connectivity index is 1.58. The van der Waals surface area contributed by atoms with Crippen molar-refractivity contribution in [2.75, 3.05) is 0 Å². The molecule has 3 heteroatoms. The molecule has 0 spiro atoms. The first-order chi connectivity index (χ1) is 15.5. The van der Waals surface area contributed by atoms with E-state index in [1.54, 1.807) is 0 Å². The molecular weight excluding hydrogens is 408 g/mol. The molecular formula is C30H46O3. The zero-order valence-electron chi connectivity index (χ0n) is 22.1. The summed E-state index contributed by atoms with van der Waals surface area (Å²) in [6.07, 6.45) is 13.0. The normalized spacial score (nSPS) is 40.4. The smallest absolute Gasteiger partial charge is 0.302 e. The molecule has 0 bridgehead atoms. The maximum atomic E-state index is 13.6. The Bertz CT molecular complexity index is 851. The quantitative estimate of drug-likeness (QED) is 0.323. The van der Waals surface area contributed by atoms with Crippen molar-refractivity contribution < 1.29 is 14.3 Å². The van der Waals surface area contributed by atoms with Gasteiger partial charge >= 0.3 is 5.97 Å². The number of carbonyl (C=O) groups is 2. The fraction of sp³-hybridized carbons (Fsp3) is 0.800. The lowest BCUT2D eigenvalue weighted by molar-refractivity contribution is -0.150. The Morgan fingerprint density at radius 1 is 1.06 bits per heavy atom. The standard InChI is InChI=1S/C30H46O3/c1-18(2)19(3)8-9-20(4)24-10-11-25-28-26(13-15-30(24,25)7)29(6)14-12-23(33-21(5)31)16-22(29)17-27(28)32/h8-9,18-20,22-25H,10-17H2,1-7H3/b9-8+/t19-,20+,22+,23+,24-,25-,29-,30+/m0/s1. The van der Waals surface area contributed by atoms with E-state index in [9.17, 15) is 9.59 Å². The van der Waals surface area contributed by atoms with E-state index in [0.717, 1.165) is 25.7 Å². The molecule has 8 atom stereocenters. The zero-order valence-corrected chi connectivity index (χ0v) is 22.1. The van der Waals surface area contributed by atoms with Crippen molar-refractivity contribution in [2.45, 2.75) is 106 Å². The number of ketones is 1. The fourth-order valence-corrected chi connectivity index (χ4v) is 8.10. The second kappa shape index (κ2) is 9.00. The van der Waals surface area contributed by atoms with Crippen LogP contribution in [0.2, 0.25) is 0 Å². The maximum absolute atomic E-state index is 13.6. The number of rotatable bonds is 5. The molecule has 0 aromatic rings. The molecule has 4 aliphatic carbocycles. The van der Waals surface area contributed by atoms with Crippen LogP contribution in [0.15, 0.2) is 23.3 Å². The summed E-state index contributed by atoms with van der Waals surface area (Å²) >= 11 is 0. The average molecular weight is 455 g/mol. The van der Waals surface area contributed by atoms with Gasteiger partial charge in [0.15, 0.2) is 5.78 Å². The molecule has 0 amide bonds. The van der Waals surface area contributed by atoms with Crippen molar-refractivity contribution in [2.24, 2.45) is 46.3 Å². The third-order valence-corrected chi connectivity index (χ3v) is 10.6. The van der Waals surface area contributed by atoms with Crippen LogP contribution in [-0.2, 0) is 14.3 Å². The lowest BCUT2D eigenvalue weighted by Crippen LogP contribution is -2.48. The first-order valence-corrected chi connectivity index (χ1v) is 13.6. The van der Waals surface area contributed by atoms with E-state index in [0.29, 0.717) is 47.7 Å². The van der Waals surface area contributed by atoms with E-state index in [4.69, 9.17) is 4.74 Å². The van der Waals surface area contributed by atoms with Gasteiger partial charge in [0.2, 0.25) is 0 Å². The summed E-state index contributed by atoms with van der Waals surface area (Å²) in [5.74, 6) is 3.47. The van der Waals surface area contributed by atoms with Crippen LogP contribution in [0, 0.1) is 46.3 Å². The third kappa shape index (κ3) is 4.27. The molecule has 0 aromatic heterocycles. The van der Waals surface area contributed by atoms with Gasteiger partial charge in [-0.05, 0) is 96.9 Å². The molecule has 0 unspecified atom stereocenters. The van der Waals surface area contributed by atoms with E-state index in [-0.39, 0.29) is 22.9 Å². The number of Topliss-reactive ketones (excluding diaryl/α,β-unsaturated/α-hetero) is 1.